The van der Waals surface area contributed by atoms with Crippen LogP contribution in [0.5, 0.6) is 0 Å². The minimum atomic E-state index is -0.252. The molecule has 0 radical (unpaired) electrons. The molecule has 3 nitrogen and oxygen atoms in total. The molecule has 1 heterocycles. The Morgan fingerprint density at radius 2 is 2.18 bits per heavy atom. The zero-order valence-corrected chi connectivity index (χ0v) is 12.0. The van der Waals surface area contributed by atoms with Crippen molar-refractivity contribution in [1.82, 2.24) is 9.78 Å². The summed E-state index contributed by atoms with van der Waals surface area (Å²) in [5, 5.41) is 14.5. The van der Waals surface area contributed by atoms with Crippen molar-refractivity contribution < 1.29 is 5.11 Å². The number of aliphatic hydroxyl groups excluding tert-OH is 1. The third-order valence-corrected chi connectivity index (χ3v) is 4.00. The molecule has 4 heteroatoms. The predicted octanol–water partition coefficient (Wildman–Crippen LogP) is 2.51. The Morgan fingerprint density at radius 1 is 1.41 bits per heavy atom. The fourth-order valence-corrected chi connectivity index (χ4v) is 2.64. The van der Waals surface area contributed by atoms with Crippen LogP contribution in [0.25, 0.3) is 0 Å². The van der Waals surface area contributed by atoms with Crippen LogP contribution in [-0.4, -0.2) is 32.5 Å². The van der Waals surface area contributed by atoms with Crippen molar-refractivity contribution in [3.05, 3.63) is 17.5 Å². The maximum absolute atomic E-state index is 9.97. The van der Waals surface area contributed by atoms with Crippen molar-refractivity contribution in [2.75, 3.05) is 11.5 Å². The van der Waals surface area contributed by atoms with Gasteiger partial charge in [-0.3, -0.25) is 4.68 Å². The first-order valence-electron chi connectivity index (χ1n) is 6.52. The van der Waals surface area contributed by atoms with E-state index < -0.39 is 0 Å². The van der Waals surface area contributed by atoms with Gasteiger partial charge in [-0.25, -0.2) is 0 Å². The molecule has 98 valence electrons. The molecule has 0 aliphatic carbocycles. The van der Waals surface area contributed by atoms with E-state index in [0.717, 1.165) is 42.3 Å². The highest BCUT2D eigenvalue weighted by molar-refractivity contribution is 7.99. The molecular weight excluding hydrogens is 232 g/mol. The Labute approximate surface area is 109 Å². The summed E-state index contributed by atoms with van der Waals surface area (Å²) in [5.41, 5.74) is 2.28. The number of aromatic nitrogens is 2. The highest BCUT2D eigenvalue weighted by atomic mass is 32.2. The predicted molar refractivity (Wildman–Crippen MR) is 74.6 cm³/mol. The van der Waals surface area contributed by atoms with Gasteiger partial charge in [0.1, 0.15) is 0 Å². The van der Waals surface area contributed by atoms with Gasteiger partial charge in [0.25, 0.3) is 0 Å². The van der Waals surface area contributed by atoms with Crippen LogP contribution < -0.4 is 0 Å². The summed E-state index contributed by atoms with van der Waals surface area (Å²) in [5.74, 6) is 1.95. The van der Waals surface area contributed by atoms with Gasteiger partial charge in [0.05, 0.1) is 11.8 Å². The molecule has 0 aliphatic rings. The van der Waals surface area contributed by atoms with Gasteiger partial charge in [0.15, 0.2) is 0 Å². The molecule has 0 spiro atoms. The first-order valence-corrected chi connectivity index (χ1v) is 7.68. The Bertz CT molecular complexity index is 325. The SMILES string of the molecule is CCCSCC(O)Cc1cc(CC)nn1CC. The van der Waals surface area contributed by atoms with Crippen molar-refractivity contribution in [3.63, 3.8) is 0 Å². The third kappa shape index (κ3) is 4.72. The quantitative estimate of drug-likeness (QED) is 0.726. The first-order chi connectivity index (χ1) is 8.21. The fraction of sp³-hybridized carbons (Fsp3) is 0.769. The first kappa shape index (κ1) is 14.6. The van der Waals surface area contributed by atoms with Crippen LogP contribution in [0.4, 0.5) is 0 Å². The highest BCUT2D eigenvalue weighted by Gasteiger charge is 2.11. The van der Waals surface area contributed by atoms with Gasteiger partial charge < -0.3 is 5.11 Å². The molecule has 0 fully saturated rings. The lowest BCUT2D eigenvalue weighted by molar-refractivity contribution is 0.197. The number of thioether (sulfide) groups is 1. The van der Waals surface area contributed by atoms with Gasteiger partial charge >= 0.3 is 0 Å². The minimum Gasteiger partial charge on any atom is -0.392 e. The lowest BCUT2D eigenvalue weighted by atomic mass is 10.2. The van der Waals surface area contributed by atoms with E-state index in [0.29, 0.717) is 0 Å². The van der Waals surface area contributed by atoms with Crippen LogP contribution in [0.1, 0.15) is 38.6 Å². The average Bonchev–Trinajstić information content (AvgIpc) is 2.71. The van der Waals surface area contributed by atoms with Crippen LogP contribution in [0, 0.1) is 0 Å². The van der Waals surface area contributed by atoms with E-state index in [4.69, 9.17) is 0 Å². The van der Waals surface area contributed by atoms with Gasteiger partial charge in [-0.1, -0.05) is 13.8 Å². The van der Waals surface area contributed by atoms with Crippen molar-refractivity contribution in [2.24, 2.45) is 0 Å². The van der Waals surface area contributed by atoms with Crippen LogP contribution in [0.15, 0.2) is 6.07 Å². The summed E-state index contributed by atoms with van der Waals surface area (Å²) in [6.45, 7) is 7.25. The second-order valence-corrected chi connectivity index (χ2v) is 5.38. The number of rotatable bonds is 8. The molecule has 0 aliphatic heterocycles. The normalized spacial score (nSPS) is 12.9. The zero-order chi connectivity index (χ0) is 12.7. The Kier molecular flexibility index (Phi) is 6.66. The van der Waals surface area contributed by atoms with Crippen LogP contribution >= 0.6 is 11.8 Å². The summed E-state index contributed by atoms with van der Waals surface area (Å²) in [7, 11) is 0. The van der Waals surface area contributed by atoms with Crippen molar-refractivity contribution in [2.45, 2.75) is 52.7 Å². The van der Waals surface area contributed by atoms with Gasteiger partial charge in [-0.05, 0) is 31.6 Å². The van der Waals surface area contributed by atoms with Crippen LogP contribution in [0.3, 0.4) is 0 Å². The van der Waals surface area contributed by atoms with E-state index >= 15 is 0 Å². The Morgan fingerprint density at radius 3 is 2.76 bits per heavy atom. The van der Waals surface area contributed by atoms with Crippen LogP contribution in [0.2, 0.25) is 0 Å². The summed E-state index contributed by atoms with van der Waals surface area (Å²) in [6, 6.07) is 2.12. The van der Waals surface area contributed by atoms with E-state index in [-0.39, 0.29) is 6.10 Å². The standard InChI is InChI=1S/C13H24N2OS/c1-4-7-17-10-13(16)9-12-8-11(5-2)14-15(12)6-3/h8,13,16H,4-7,9-10H2,1-3H3. The second kappa shape index (κ2) is 7.77. The number of nitrogens with zero attached hydrogens (tertiary/aromatic N) is 2. The van der Waals surface area contributed by atoms with E-state index in [1.807, 2.05) is 16.4 Å². The summed E-state index contributed by atoms with van der Waals surface area (Å²) in [6.07, 6.45) is 2.60. The van der Waals surface area contributed by atoms with E-state index in [2.05, 4.69) is 31.9 Å². The monoisotopic (exact) mass is 256 g/mol. The molecule has 1 aromatic heterocycles. The molecule has 0 saturated heterocycles. The molecule has 1 N–H and O–H groups in total. The van der Waals surface area contributed by atoms with Crippen LogP contribution in [-0.2, 0) is 19.4 Å². The molecule has 0 amide bonds. The fourth-order valence-electron chi connectivity index (χ4n) is 1.79. The van der Waals surface area contributed by atoms with Gasteiger partial charge in [0, 0.05) is 24.4 Å². The van der Waals surface area contributed by atoms with Crippen molar-refractivity contribution in [1.29, 1.82) is 0 Å². The molecule has 1 aromatic rings. The molecule has 1 atom stereocenters. The number of hydrogen-bond donors (Lipinski definition) is 1. The number of aryl methyl sites for hydroxylation is 2. The molecule has 17 heavy (non-hydrogen) atoms. The maximum Gasteiger partial charge on any atom is 0.0685 e. The second-order valence-electron chi connectivity index (χ2n) is 4.23. The molecule has 1 unspecified atom stereocenters. The Balaban J connectivity index is 2.51. The summed E-state index contributed by atoms with van der Waals surface area (Å²) < 4.78 is 2.01. The van der Waals surface area contributed by atoms with Gasteiger partial charge in [-0.15, -0.1) is 0 Å². The van der Waals surface area contributed by atoms with Crippen molar-refractivity contribution >= 4 is 11.8 Å². The number of aliphatic hydroxyl groups is 1. The number of hydrogen-bond acceptors (Lipinski definition) is 3. The molecule has 0 saturated carbocycles. The molecule has 0 aromatic carbocycles. The lowest BCUT2D eigenvalue weighted by Gasteiger charge is -2.10. The van der Waals surface area contributed by atoms with E-state index in [1.165, 1.54) is 6.42 Å². The van der Waals surface area contributed by atoms with E-state index in [9.17, 15) is 5.11 Å². The van der Waals surface area contributed by atoms with E-state index in [1.54, 1.807) is 0 Å². The van der Waals surface area contributed by atoms with Crippen molar-refractivity contribution in [3.8, 4) is 0 Å². The minimum absolute atomic E-state index is 0.252. The average molecular weight is 256 g/mol. The maximum atomic E-state index is 9.97. The van der Waals surface area contributed by atoms with Gasteiger partial charge in [-0.2, -0.15) is 16.9 Å². The lowest BCUT2D eigenvalue weighted by Crippen LogP contribution is -2.16. The third-order valence-electron chi connectivity index (χ3n) is 2.68. The highest BCUT2D eigenvalue weighted by Crippen LogP contribution is 2.12. The zero-order valence-electron chi connectivity index (χ0n) is 11.1. The topological polar surface area (TPSA) is 38.1 Å². The molecule has 0 bridgehead atoms. The largest absolute Gasteiger partial charge is 0.392 e. The molecular formula is C13H24N2OS. The van der Waals surface area contributed by atoms with Gasteiger partial charge in [0.2, 0.25) is 0 Å². The molecule has 1 rings (SSSR count). The summed E-state index contributed by atoms with van der Waals surface area (Å²) >= 11 is 1.83. The Hall–Kier alpha value is -0.480. The smallest absolute Gasteiger partial charge is 0.0685 e. The summed E-state index contributed by atoms with van der Waals surface area (Å²) in [4.78, 5) is 0.